The molecule has 8 nitrogen and oxygen atoms in total. The van der Waals surface area contributed by atoms with E-state index in [1.165, 1.54) is 40.5 Å². The Balaban J connectivity index is 1.97. The van der Waals surface area contributed by atoms with Gasteiger partial charge in [0.15, 0.2) is 10.9 Å². The quantitative estimate of drug-likeness (QED) is 0.483. The van der Waals surface area contributed by atoms with Crippen LogP contribution in [0.4, 0.5) is 15.4 Å². The van der Waals surface area contributed by atoms with E-state index in [0.29, 0.717) is 28.4 Å². The van der Waals surface area contributed by atoms with Crippen LogP contribution < -0.4 is 4.90 Å². The van der Waals surface area contributed by atoms with Gasteiger partial charge in [0.2, 0.25) is 0 Å². The summed E-state index contributed by atoms with van der Waals surface area (Å²) in [4.78, 5) is 30.5. The zero-order valence-electron chi connectivity index (χ0n) is 14.0. The third-order valence-corrected chi connectivity index (χ3v) is 4.61. The first-order chi connectivity index (χ1) is 12.3. The van der Waals surface area contributed by atoms with Gasteiger partial charge in [-0.3, -0.25) is 19.8 Å². The maximum atomic E-state index is 13.4. The molecule has 0 fully saturated rings. The number of likely N-dealkylation sites (N-methyl/N-ethyl adjacent to an activating group) is 1. The number of fused-ring (bicyclic) bond motifs is 1. The molecular formula is C16H15FN4O4S. The molecule has 0 saturated carbocycles. The van der Waals surface area contributed by atoms with Crippen LogP contribution in [0.25, 0.3) is 10.2 Å². The van der Waals surface area contributed by atoms with Crippen molar-refractivity contribution in [3.63, 3.8) is 0 Å². The number of amides is 1. The van der Waals surface area contributed by atoms with Gasteiger partial charge in [-0.25, -0.2) is 9.37 Å². The molecule has 3 aromatic rings. The number of carbonyl (C=O) groups excluding carboxylic acids is 1. The van der Waals surface area contributed by atoms with Crippen LogP contribution in [0.1, 0.15) is 10.6 Å². The number of anilines is 1. The molecule has 0 bridgehead atoms. The highest BCUT2D eigenvalue weighted by atomic mass is 32.1. The summed E-state index contributed by atoms with van der Waals surface area (Å²) in [5.41, 5.74) is 0.569. The summed E-state index contributed by atoms with van der Waals surface area (Å²) in [6.45, 7) is 0.835. The zero-order valence-corrected chi connectivity index (χ0v) is 14.8. The molecular weight excluding hydrogens is 363 g/mol. The van der Waals surface area contributed by atoms with E-state index in [1.54, 1.807) is 0 Å². The molecule has 1 amide bonds. The largest absolute Gasteiger partial charge is 0.433 e. The molecule has 0 spiro atoms. The monoisotopic (exact) mass is 378 g/mol. The lowest BCUT2D eigenvalue weighted by Crippen LogP contribution is -2.36. The summed E-state index contributed by atoms with van der Waals surface area (Å²) in [6.07, 6.45) is 0. The standard InChI is InChI=1S/C16H15FN4O4S/c1-19(2)7-8-20(15(22)12-5-6-14(25-12)21(23)24)16-18-11-4-3-10(17)9-13(11)26-16/h3-6,9H,7-8H2,1-2H3. The Hall–Kier alpha value is -2.85. The maximum Gasteiger partial charge on any atom is 0.433 e. The lowest BCUT2D eigenvalue weighted by molar-refractivity contribution is -0.402. The minimum absolute atomic E-state index is 0.152. The van der Waals surface area contributed by atoms with E-state index < -0.39 is 16.7 Å². The Kier molecular flexibility index (Phi) is 4.96. The minimum atomic E-state index is -0.707. The number of hydrogen-bond acceptors (Lipinski definition) is 7. The minimum Gasteiger partial charge on any atom is -0.395 e. The molecule has 136 valence electrons. The number of hydrogen-bond donors (Lipinski definition) is 0. The number of halogens is 1. The van der Waals surface area contributed by atoms with Crippen LogP contribution in [-0.2, 0) is 0 Å². The predicted molar refractivity (Wildman–Crippen MR) is 95.2 cm³/mol. The number of rotatable bonds is 6. The number of aromatic nitrogens is 1. The van der Waals surface area contributed by atoms with Crippen LogP contribution in [0.3, 0.4) is 0 Å². The van der Waals surface area contributed by atoms with Crippen molar-refractivity contribution in [2.45, 2.75) is 0 Å². The van der Waals surface area contributed by atoms with Gasteiger partial charge in [0.05, 0.1) is 16.3 Å². The smallest absolute Gasteiger partial charge is 0.395 e. The summed E-state index contributed by atoms with van der Waals surface area (Å²) >= 11 is 1.17. The predicted octanol–water partition coefficient (Wildman–Crippen LogP) is 3.15. The third kappa shape index (κ3) is 3.70. The van der Waals surface area contributed by atoms with Gasteiger partial charge in [0.25, 0.3) is 5.91 Å². The molecule has 0 N–H and O–H groups in total. The van der Waals surface area contributed by atoms with Crippen molar-refractivity contribution in [3.05, 3.63) is 52.0 Å². The van der Waals surface area contributed by atoms with Gasteiger partial charge in [-0.05, 0) is 38.4 Å². The second-order valence-electron chi connectivity index (χ2n) is 5.76. The van der Waals surface area contributed by atoms with Crippen LogP contribution in [0.15, 0.2) is 34.7 Å². The fourth-order valence-electron chi connectivity index (χ4n) is 2.26. The Labute approximate surface area is 151 Å². The average Bonchev–Trinajstić information content (AvgIpc) is 3.20. The molecule has 0 aliphatic heterocycles. The first-order valence-electron chi connectivity index (χ1n) is 7.62. The summed E-state index contributed by atoms with van der Waals surface area (Å²) in [5.74, 6) is -1.59. The topological polar surface area (TPSA) is 92.7 Å². The fourth-order valence-corrected chi connectivity index (χ4v) is 3.27. The Morgan fingerprint density at radius 3 is 2.73 bits per heavy atom. The number of thiazole rings is 1. The van der Waals surface area contributed by atoms with Crippen molar-refractivity contribution >= 4 is 38.5 Å². The number of carbonyl (C=O) groups is 1. The molecule has 0 saturated heterocycles. The molecule has 0 aliphatic carbocycles. The van der Waals surface area contributed by atoms with Gasteiger partial charge in [-0.15, -0.1) is 0 Å². The highest BCUT2D eigenvalue weighted by Crippen LogP contribution is 2.30. The zero-order chi connectivity index (χ0) is 18.8. The molecule has 0 aliphatic rings. The van der Waals surface area contributed by atoms with Crippen LogP contribution in [0, 0.1) is 15.9 Å². The van der Waals surface area contributed by atoms with Gasteiger partial charge in [0, 0.05) is 13.1 Å². The highest BCUT2D eigenvalue weighted by molar-refractivity contribution is 7.22. The van der Waals surface area contributed by atoms with E-state index in [1.807, 2.05) is 19.0 Å². The second-order valence-corrected chi connectivity index (χ2v) is 6.77. The van der Waals surface area contributed by atoms with E-state index in [9.17, 15) is 19.3 Å². The average molecular weight is 378 g/mol. The maximum absolute atomic E-state index is 13.4. The molecule has 10 heteroatoms. The summed E-state index contributed by atoms with van der Waals surface area (Å²) in [5, 5.41) is 11.1. The number of nitro groups is 1. The number of benzene rings is 1. The van der Waals surface area contributed by atoms with Crippen LogP contribution in [0.2, 0.25) is 0 Å². The SMILES string of the molecule is CN(C)CCN(C(=O)c1ccc([N+](=O)[O-])o1)c1nc2ccc(F)cc2s1. The van der Waals surface area contributed by atoms with Gasteiger partial charge >= 0.3 is 5.88 Å². The van der Waals surface area contributed by atoms with Gasteiger partial charge in [-0.1, -0.05) is 11.3 Å². The van der Waals surface area contributed by atoms with Crippen molar-refractivity contribution in [2.24, 2.45) is 0 Å². The first-order valence-corrected chi connectivity index (χ1v) is 8.43. The Bertz CT molecular complexity index is 968. The molecule has 26 heavy (non-hydrogen) atoms. The lowest BCUT2D eigenvalue weighted by atomic mass is 10.3. The summed E-state index contributed by atoms with van der Waals surface area (Å²) < 4.78 is 19.0. The number of furan rings is 1. The summed E-state index contributed by atoms with van der Waals surface area (Å²) in [6, 6.07) is 6.58. The molecule has 2 heterocycles. The van der Waals surface area contributed by atoms with E-state index in [4.69, 9.17) is 4.42 Å². The van der Waals surface area contributed by atoms with Crippen LogP contribution in [-0.4, -0.2) is 47.9 Å². The van der Waals surface area contributed by atoms with Crippen molar-refractivity contribution in [2.75, 3.05) is 32.1 Å². The van der Waals surface area contributed by atoms with Crippen LogP contribution in [0.5, 0.6) is 0 Å². The molecule has 2 aromatic heterocycles. The van der Waals surface area contributed by atoms with Gasteiger partial charge in [-0.2, -0.15) is 0 Å². The van der Waals surface area contributed by atoms with Crippen molar-refractivity contribution < 1.29 is 18.5 Å². The second kappa shape index (κ2) is 7.18. The molecule has 0 radical (unpaired) electrons. The van der Waals surface area contributed by atoms with E-state index in [0.717, 1.165) is 6.07 Å². The molecule has 0 atom stereocenters. The lowest BCUT2D eigenvalue weighted by Gasteiger charge is -2.20. The van der Waals surface area contributed by atoms with Crippen molar-refractivity contribution in [1.82, 2.24) is 9.88 Å². The van der Waals surface area contributed by atoms with Gasteiger partial charge in [0.1, 0.15) is 10.7 Å². The summed E-state index contributed by atoms with van der Waals surface area (Å²) in [7, 11) is 3.71. The van der Waals surface area contributed by atoms with Gasteiger partial charge < -0.3 is 9.32 Å². The Morgan fingerprint density at radius 2 is 2.08 bits per heavy atom. The van der Waals surface area contributed by atoms with Crippen molar-refractivity contribution in [3.8, 4) is 0 Å². The van der Waals surface area contributed by atoms with E-state index in [2.05, 4.69) is 4.98 Å². The van der Waals surface area contributed by atoms with E-state index >= 15 is 0 Å². The third-order valence-electron chi connectivity index (χ3n) is 3.57. The van der Waals surface area contributed by atoms with Crippen molar-refractivity contribution in [1.29, 1.82) is 0 Å². The number of nitrogens with zero attached hydrogens (tertiary/aromatic N) is 4. The first kappa shape index (κ1) is 18.0. The molecule has 3 rings (SSSR count). The molecule has 0 unspecified atom stereocenters. The Morgan fingerprint density at radius 1 is 1.31 bits per heavy atom. The fraction of sp³-hybridized carbons (Fsp3) is 0.250. The molecule has 1 aromatic carbocycles. The highest BCUT2D eigenvalue weighted by Gasteiger charge is 2.26. The normalized spacial score (nSPS) is 11.2. The van der Waals surface area contributed by atoms with E-state index in [-0.39, 0.29) is 11.6 Å². The van der Waals surface area contributed by atoms with Crippen LogP contribution >= 0.6 is 11.3 Å².